The van der Waals surface area contributed by atoms with Gasteiger partial charge in [0, 0.05) is 5.46 Å². The number of nitrogens with two attached hydrogens (primary N) is 1. The molecule has 1 aromatic carbocycles. The van der Waals surface area contributed by atoms with E-state index in [4.69, 9.17) is 19.8 Å². The van der Waals surface area contributed by atoms with Gasteiger partial charge < -0.3 is 19.8 Å². The van der Waals surface area contributed by atoms with E-state index in [1.54, 1.807) is 18.2 Å². The van der Waals surface area contributed by atoms with Gasteiger partial charge in [-0.1, -0.05) is 12.1 Å². The van der Waals surface area contributed by atoms with Gasteiger partial charge in [-0.2, -0.15) is 0 Å². The number of benzene rings is 1. The summed E-state index contributed by atoms with van der Waals surface area (Å²) in [6.45, 7) is 6.94. The predicted molar refractivity (Wildman–Crippen MR) is 78.1 cm³/mol. The van der Waals surface area contributed by atoms with Gasteiger partial charge in [0.2, 0.25) is 0 Å². The summed E-state index contributed by atoms with van der Waals surface area (Å²) < 4.78 is 41.7. The molecule has 21 heavy (non-hydrogen) atoms. The second-order valence-electron chi connectivity index (χ2n) is 6.06. The maximum atomic E-state index is 12.4. The average Bonchev–Trinajstić information content (AvgIpc) is 2.56. The quantitative estimate of drug-likeness (QED) is 0.684. The fraction of sp³-hybridized carbons (Fsp3) is 0.571. The summed E-state index contributed by atoms with van der Waals surface area (Å²) in [5.41, 5.74) is 5.58. The van der Waals surface area contributed by atoms with Gasteiger partial charge in [-0.3, -0.25) is 0 Å². The third-order valence-electron chi connectivity index (χ3n) is 3.94. The Kier molecular flexibility index (Phi) is 4.17. The van der Waals surface area contributed by atoms with E-state index < -0.39 is 31.4 Å². The Morgan fingerprint density at radius 2 is 1.76 bits per heavy atom. The molecule has 1 fully saturated rings. The van der Waals surface area contributed by atoms with Gasteiger partial charge in [-0.05, 0) is 33.8 Å². The normalized spacial score (nSPS) is 20.0. The second-order valence-corrected chi connectivity index (χ2v) is 6.06. The van der Waals surface area contributed by atoms with Crippen molar-refractivity contribution >= 4 is 18.3 Å². The molecular weight excluding hydrogens is 279 g/mol. The number of nitrogen functional groups attached to an aromatic ring is 1. The van der Waals surface area contributed by atoms with Crippen LogP contribution in [0.3, 0.4) is 0 Å². The fourth-order valence-corrected chi connectivity index (χ4v) is 2.04. The summed E-state index contributed by atoms with van der Waals surface area (Å²) in [5.74, 6) is 0.191. The monoisotopic (exact) mass is 299 g/mol. The average molecular weight is 299 g/mol. The van der Waals surface area contributed by atoms with Crippen molar-refractivity contribution in [3.63, 3.8) is 0 Å². The van der Waals surface area contributed by atoms with Crippen LogP contribution >= 0.6 is 0 Å². The highest BCUT2D eigenvalue weighted by molar-refractivity contribution is 6.63. The molecule has 0 atom stereocenters. The maximum Gasteiger partial charge on any atom is 0.498 e. The number of hydrogen-bond acceptors (Lipinski definition) is 4. The van der Waals surface area contributed by atoms with Crippen LogP contribution in [-0.2, 0) is 9.31 Å². The molecule has 0 saturated carbocycles. The van der Waals surface area contributed by atoms with E-state index >= 15 is 0 Å². The minimum Gasteiger partial charge on any atom is -0.486 e. The van der Waals surface area contributed by atoms with Gasteiger partial charge in [0.05, 0.1) is 16.9 Å². The van der Waals surface area contributed by atoms with Crippen LogP contribution in [0.2, 0.25) is 0 Å². The molecule has 1 heterocycles. The number of alkyl halides is 2. The molecule has 0 unspecified atom stereocenters. The van der Waals surface area contributed by atoms with Gasteiger partial charge in [0.1, 0.15) is 12.4 Å². The minimum atomic E-state index is -2.57. The zero-order valence-corrected chi connectivity index (χ0v) is 12.7. The molecule has 2 N–H and O–H groups in total. The molecule has 0 aliphatic carbocycles. The first-order valence-corrected chi connectivity index (χ1v) is 6.79. The Morgan fingerprint density at radius 3 is 2.29 bits per heavy atom. The summed E-state index contributed by atoms with van der Waals surface area (Å²) in [6.07, 6.45) is -2.57. The largest absolute Gasteiger partial charge is 0.498 e. The van der Waals surface area contributed by atoms with Crippen molar-refractivity contribution in [2.45, 2.75) is 45.3 Å². The van der Waals surface area contributed by atoms with Crippen molar-refractivity contribution in [2.24, 2.45) is 0 Å². The number of ether oxygens (including phenoxy) is 1. The maximum absolute atomic E-state index is 12.4. The van der Waals surface area contributed by atoms with Crippen LogP contribution < -0.4 is 15.9 Å². The number of hydrogen-bond donors (Lipinski definition) is 1. The zero-order chi connectivity index (χ0) is 15.8. The molecule has 0 bridgehead atoms. The van der Waals surface area contributed by atoms with Gasteiger partial charge in [0.25, 0.3) is 6.43 Å². The lowest BCUT2D eigenvalue weighted by Gasteiger charge is -2.32. The van der Waals surface area contributed by atoms with Crippen molar-refractivity contribution in [2.75, 3.05) is 12.3 Å². The Bertz CT molecular complexity index is 507. The second kappa shape index (κ2) is 5.46. The van der Waals surface area contributed by atoms with Crippen LogP contribution in [-0.4, -0.2) is 31.4 Å². The van der Waals surface area contributed by atoms with Crippen molar-refractivity contribution in [1.29, 1.82) is 0 Å². The van der Waals surface area contributed by atoms with Gasteiger partial charge in [0.15, 0.2) is 0 Å². The molecule has 1 saturated heterocycles. The van der Waals surface area contributed by atoms with E-state index in [-0.39, 0.29) is 11.4 Å². The van der Waals surface area contributed by atoms with Crippen LogP contribution in [0.25, 0.3) is 0 Å². The SMILES string of the molecule is CC1(C)OB(c2cccc(N)c2OCC(F)F)OC1(C)C. The zero-order valence-electron chi connectivity index (χ0n) is 12.7. The van der Waals surface area contributed by atoms with Gasteiger partial charge >= 0.3 is 7.12 Å². The highest BCUT2D eigenvalue weighted by Crippen LogP contribution is 2.37. The Balaban J connectivity index is 2.31. The van der Waals surface area contributed by atoms with Crippen molar-refractivity contribution in [3.05, 3.63) is 18.2 Å². The van der Waals surface area contributed by atoms with Crippen LogP contribution in [0.15, 0.2) is 18.2 Å². The van der Waals surface area contributed by atoms with Crippen molar-refractivity contribution in [1.82, 2.24) is 0 Å². The number of para-hydroxylation sites is 1. The molecule has 0 amide bonds. The molecule has 1 aliphatic heterocycles. The fourth-order valence-electron chi connectivity index (χ4n) is 2.04. The molecule has 1 aromatic rings. The molecule has 116 valence electrons. The predicted octanol–water partition coefficient (Wildman–Crippen LogP) is 2.21. The third-order valence-corrected chi connectivity index (χ3v) is 3.94. The smallest absolute Gasteiger partial charge is 0.486 e. The first-order chi connectivity index (χ1) is 9.64. The van der Waals surface area contributed by atoms with E-state index in [9.17, 15) is 8.78 Å². The summed E-state index contributed by atoms with van der Waals surface area (Å²) in [5, 5.41) is 0. The topological polar surface area (TPSA) is 53.7 Å². The molecule has 4 nitrogen and oxygen atoms in total. The highest BCUT2D eigenvalue weighted by atomic mass is 19.3. The molecule has 1 aliphatic rings. The lowest BCUT2D eigenvalue weighted by Crippen LogP contribution is -2.41. The van der Waals surface area contributed by atoms with Crippen molar-refractivity contribution in [3.8, 4) is 5.75 Å². The lowest BCUT2D eigenvalue weighted by atomic mass is 9.78. The van der Waals surface area contributed by atoms with Crippen LogP contribution in [0.4, 0.5) is 14.5 Å². The van der Waals surface area contributed by atoms with Crippen LogP contribution in [0.1, 0.15) is 27.7 Å². The standard InChI is InChI=1S/C14H20BF2NO3/c1-13(2)14(3,4)21-15(20-13)9-6-5-7-10(18)12(9)19-8-11(16)17/h5-7,11H,8,18H2,1-4H3. The minimum absolute atomic E-state index is 0.191. The van der Waals surface area contributed by atoms with E-state index in [1.807, 2.05) is 27.7 Å². The van der Waals surface area contributed by atoms with E-state index in [1.165, 1.54) is 0 Å². The van der Waals surface area contributed by atoms with Crippen LogP contribution in [0.5, 0.6) is 5.75 Å². The third kappa shape index (κ3) is 3.13. The molecule has 0 aromatic heterocycles. The number of halogens is 2. The summed E-state index contributed by atoms with van der Waals surface area (Å²) in [7, 11) is -0.703. The lowest BCUT2D eigenvalue weighted by molar-refractivity contribution is 0.00578. The Hall–Kier alpha value is -1.34. The Morgan fingerprint density at radius 1 is 1.19 bits per heavy atom. The first-order valence-electron chi connectivity index (χ1n) is 6.79. The summed E-state index contributed by atoms with van der Waals surface area (Å²) in [6, 6.07) is 5.01. The molecule has 0 radical (unpaired) electrons. The molecule has 2 rings (SSSR count). The van der Waals surface area contributed by atoms with Crippen LogP contribution in [0, 0.1) is 0 Å². The Labute approximate surface area is 123 Å². The summed E-state index contributed by atoms with van der Waals surface area (Å²) >= 11 is 0. The van der Waals surface area contributed by atoms with E-state index in [2.05, 4.69) is 0 Å². The highest BCUT2D eigenvalue weighted by Gasteiger charge is 2.52. The van der Waals surface area contributed by atoms with E-state index in [0.717, 1.165) is 0 Å². The molecular formula is C14H20BF2NO3. The van der Waals surface area contributed by atoms with Crippen molar-refractivity contribution < 1.29 is 22.8 Å². The molecule has 0 spiro atoms. The first kappa shape index (κ1) is 16.0. The molecule has 7 heteroatoms. The van der Waals surface area contributed by atoms with Gasteiger partial charge in [-0.15, -0.1) is 0 Å². The number of rotatable bonds is 4. The number of anilines is 1. The van der Waals surface area contributed by atoms with Gasteiger partial charge in [-0.25, -0.2) is 8.78 Å². The van der Waals surface area contributed by atoms with E-state index in [0.29, 0.717) is 5.46 Å². The summed E-state index contributed by atoms with van der Waals surface area (Å²) in [4.78, 5) is 0.